The highest BCUT2D eigenvalue weighted by molar-refractivity contribution is 6.09. The van der Waals surface area contributed by atoms with Crippen LogP contribution in [0.4, 0.5) is 0 Å². The van der Waals surface area contributed by atoms with Gasteiger partial charge in [-0.05, 0) is 35.2 Å². The number of carbonyl (C=O) groups excluding carboxylic acids is 1. The Balaban J connectivity index is 1.59. The number of fused-ring (bicyclic) bond motifs is 2. The highest BCUT2D eigenvalue weighted by Crippen LogP contribution is 2.28. The van der Waals surface area contributed by atoms with Crippen LogP contribution in [0.3, 0.4) is 0 Å². The highest BCUT2D eigenvalue weighted by atomic mass is 16.3. The number of benzene rings is 4. The lowest BCUT2D eigenvalue weighted by atomic mass is 10.0. The van der Waals surface area contributed by atoms with E-state index in [4.69, 9.17) is 5.41 Å². The number of nitrogens with zero attached hydrogens (tertiary/aromatic N) is 2. The SMILES string of the molecule is N=c1n(CC(=O)c2ccc(O)c3ccccc23)c2ccccc2n1Cc1ccccc1. The number of aromatic nitrogens is 2. The number of Topliss-reactive ketones (excluding diaryl/α,β-unsaturated/α-hetero) is 1. The van der Waals surface area contributed by atoms with E-state index in [2.05, 4.69) is 0 Å². The van der Waals surface area contributed by atoms with Crippen LogP contribution in [0.25, 0.3) is 21.8 Å². The third kappa shape index (κ3) is 3.30. The Kier molecular flexibility index (Phi) is 4.64. The molecule has 4 aromatic carbocycles. The summed E-state index contributed by atoms with van der Waals surface area (Å²) in [7, 11) is 0. The summed E-state index contributed by atoms with van der Waals surface area (Å²) in [5.41, 5.74) is 3.68. The Morgan fingerprint density at radius 2 is 1.35 bits per heavy atom. The Labute approximate surface area is 178 Å². The second-order valence-corrected chi connectivity index (χ2v) is 7.57. The molecule has 0 spiro atoms. The minimum Gasteiger partial charge on any atom is -0.507 e. The molecule has 0 saturated heterocycles. The molecular weight excluding hydrogens is 386 g/mol. The zero-order valence-electron chi connectivity index (χ0n) is 16.8. The Morgan fingerprint density at radius 3 is 2.10 bits per heavy atom. The van der Waals surface area contributed by atoms with Crippen LogP contribution >= 0.6 is 0 Å². The van der Waals surface area contributed by atoms with Crippen molar-refractivity contribution in [1.29, 1.82) is 5.41 Å². The number of aromatic hydroxyl groups is 1. The topological polar surface area (TPSA) is 71.0 Å². The maximum absolute atomic E-state index is 13.3. The maximum atomic E-state index is 13.3. The fourth-order valence-electron chi connectivity index (χ4n) is 4.14. The fourth-order valence-corrected chi connectivity index (χ4v) is 4.14. The number of hydrogen-bond donors (Lipinski definition) is 2. The standard InChI is InChI=1S/C26H21N3O2/c27-26-28(16-18-8-2-1-3-9-18)22-12-6-7-13-23(22)29(26)17-25(31)21-14-15-24(30)20-11-5-4-10-19(20)21/h1-15,27,30H,16-17H2. The third-order valence-electron chi connectivity index (χ3n) is 5.66. The Bertz CT molecular complexity index is 1480. The Hall–Kier alpha value is -4.12. The van der Waals surface area contributed by atoms with E-state index >= 15 is 0 Å². The monoisotopic (exact) mass is 407 g/mol. The molecule has 0 aliphatic heterocycles. The molecule has 0 fully saturated rings. The minimum absolute atomic E-state index is 0.0515. The fraction of sp³-hybridized carbons (Fsp3) is 0.0769. The van der Waals surface area contributed by atoms with E-state index in [0.29, 0.717) is 22.9 Å². The van der Waals surface area contributed by atoms with Crippen molar-refractivity contribution >= 4 is 27.6 Å². The number of nitrogens with one attached hydrogen (secondary N) is 1. The quantitative estimate of drug-likeness (QED) is 0.414. The molecule has 152 valence electrons. The highest BCUT2D eigenvalue weighted by Gasteiger charge is 2.17. The van der Waals surface area contributed by atoms with E-state index < -0.39 is 0 Å². The van der Waals surface area contributed by atoms with Crippen molar-refractivity contribution in [3.8, 4) is 5.75 Å². The van der Waals surface area contributed by atoms with Gasteiger partial charge in [0.1, 0.15) is 5.75 Å². The van der Waals surface area contributed by atoms with Gasteiger partial charge in [0.25, 0.3) is 0 Å². The van der Waals surface area contributed by atoms with Crippen molar-refractivity contribution in [3.05, 3.63) is 108 Å². The van der Waals surface area contributed by atoms with Crippen LogP contribution in [0.15, 0.2) is 91.0 Å². The summed E-state index contributed by atoms with van der Waals surface area (Å²) in [5, 5.41) is 20.3. The molecule has 31 heavy (non-hydrogen) atoms. The largest absolute Gasteiger partial charge is 0.507 e. The number of hydrogen-bond acceptors (Lipinski definition) is 3. The van der Waals surface area contributed by atoms with Crippen molar-refractivity contribution in [2.24, 2.45) is 0 Å². The average Bonchev–Trinajstić information content (AvgIpc) is 3.06. The molecule has 0 radical (unpaired) electrons. The predicted octanol–water partition coefficient (Wildman–Crippen LogP) is 4.71. The predicted molar refractivity (Wildman–Crippen MR) is 121 cm³/mol. The summed E-state index contributed by atoms with van der Waals surface area (Å²) in [5.74, 6) is 0.0535. The molecule has 1 aromatic heterocycles. The molecule has 5 heteroatoms. The zero-order valence-corrected chi connectivity index (χ0v) is 16.8. The van der Waals surface area contributed by atoms with E-state index in [1.54, 1.807) is 22.8 Å². The van der Waals surface area contributed by atoms with Gasteiger partial charge in [-0.25, -0.2) is 0 Å². The van der Waals surface area contributed by atoms with Crippen LogP contribution in [0.2, 0.25) is 0 Å². The molecule has 0 atom stereocenters. The first kappa shape index (κ1) is 18.9. The van der Waals surface area contributed by atoms with Crippen LogP contribution in [-0.4, -0.2) is 20.0 Å². The number of rotatable bonds is 5. The summed E-state index contributed by atoms with van der Waals surface area (Å²) in [6.45, 7) is 0.611. The molecule has 2 N–H and O–H groups in total. The number of imidazole rings is 1. The van der Waals surface area contributed by atoms with Crippen molar-refractivity contribution < 1.29 is 9.90 Å². The second kappa shape index (κ2) is 7.61. The first-order chi connectivity index (χ1) is 15.1. The van der Waals surface area contributed by atoms with Crippen molar-refractivity contribution in [2.75, 3.05) is 0 Å². The minimum atomic E-state index is -0.0997. The van der Waals surface area contributed by atoms with Crippen molar-refractivity contribution in [2.45, 2.75) is 13.1 Å². The van der Waals surface area contributed by atoms with Gasteiger partial charge in [-0.1, -0.05) is 66.7 Å². The van der Waals surface area contributed by atoms with Gasteiger partial charge < -0.3 is 14.2 Å². The van der Waals surface area contributed by atoms with Crippen LogP contribution in [0.5, 0.6) is 5.75 Å². The van der Waals surface area contributed by atoms with E-state index in [9.17, 15) is 9.90 Å². The van der Waals surface area contributed by atoms with Gasteiger partial charge in [-0.2, -0.15) is 0 Å². The molecule has 0 aliphatic carbocycles. The van der Waals surface area contributed by atoms with E-state index in [-0.39, 0.29) is 23.7 Å². The van der Waals surface area contributed by atoms with Gasteiger partial charge >= 0.3 is 0 Å². The van der Waals surface area contributed by atoms with Crippen LogP contribution in [0, 0.1) is 5.41 Å². The normalized spacial score (nSPS) is 11.2. The van der Waals surface area contributed by atoms with Gasteiger partial charge in [0.05, 0.1) is 24.1 Å². The summed E-state index contributed by atoms with van der Waals surface area (Å²) in [4.78, 5) is 13.3. The number of para-hydroxylation sites is 2. The molecule has 0 unspecified atom stereocenters. The van der Waals surface area contributed by atoms with Gasteiger partial charge in [-0.3, -0.25) is 10.2 Å². The number of phenolic OH excluding ortho intramolecular Hbond substituents is 1. The first-order valence-corrected chi connectivity index (χ1v) is 10.1. The van der Waals surface area contributed by atoms with E-state index in [1.807, 2.05) is 77.4 Å². The molecular formula is C26H21N3O2. The van der Waals surface area contributed by atoms with Gasteiger partial charge in [0.15, 0.2) is 5.78 Å². The third-order valence-corrected chi connectivity index (χ3v) is 5.66. The lowest BCUT2D eigenvalue weighted by Gasteiger charge is -2.09. The molecule has 0 bridgehead atoms. The number of ketones is 1. The lowest BCUT2D eigenvalue weighted by Crippen LogP contribution is -2.27. The summed E-state index contributed by atoms with van der Waals surface area (Å²) in [6, 6.07) is 28.3. The van der Waals surface area contributed by atoms with Crippen molar-refractivity contribution in [1.82, 2.24) is 9.13 Å². The van der Waals surface area contributed by atoms with Gasteiger partial charge in [0, 0.05) is 10.9 Å². The number of carbonyl (C=O) groups is 1. The summed E-state index contributed by atoms with van der Waals surface area (Å²) < 4.78 is 3.68. The molecule has 0 saturated carbocycles. The van der Waals surface area contributed by atoms with Gasteiger partial charge in [0.2, 0.25) is 5.62 Å². The molecule has 0 amide bonds. The summed E-state index contributed by atoms with van der Waals surface area (Å²) >= 11 is 0. The first-order valence-electron chi connectivity index (χ1n) is 10.1. The molecule has 5 aromatic rings. The van der Waals surface area contributed by atoms with Crippen LogP contribution in [0.1, 0.15) is 15.9 Å². The zero-order chi connectivity index (χ0) is 21.4. The summed E-state index contributed by atoms with van der Waals surface area (Å²) in [6.07, 6.45) is 0. The average molecular weight is 407 g/mol. The lowest BCUT2D eigenvalue weighted by molar-refractivity contribution is 0.0973. The maximum Gasteiger partial charge on any atom is 0.203 e. The molecule has 1 heterocycles. The molecule has 5 rings (SSSR count). The van der Waals surface area contributed by atoms with Crippen LogP contribution in [-0.2, 0) is 13.1 Å². The van der Waals surface area contributed by atoms with E-state index in [0.717, 1.165) is 16.6 Å². The van der Waals surface area contributed by atoms with Crippen LogP contribution < -0.4 is 5.62 Å². The second-order valence-electron chi connectivity index (χ2n) is 7.57. The van der Waals surface area contributed by atoms with Gasteiger partial charge in [-0.15, -0.1) is 0 Å². The Morgan fingerprint density at radius 1 is 0.742 bits per heavy atom. The molecule has 5 nitrogen and oxygen atoms in total. The van der Waals surface area contributed by atoms with E-state index in [1.165, 1.54) is 0 Å². The smallest absolute Gasteiger partial charge is 0.203 e. The molecule has 0 aliphatic rings. The van der Waals surface area contributed by atoms with Crippen molar-refractivity contribution in [3.63, 3.8) is 0 Å². The number of phenols is 1.